The molecule has 0 aliphatic carbocycles. The molecule has 0 saturated carbocycles. The fourth-order valence-electron chi connectivity index (χ4n) is 1.82. The SMILES string of the molecule is CC(C)(C)[Si](C)(C)OC[C@@H]1CN(C(=O)O)CCN1C#N. The Morgan fingerprint density at radius 2 is 2.05 bits per heavy atom. The smallest absolute Gasteiger partial charge is 0.407 e. The van der Waals surface area contributed by atoms with Gasteiger partial charge in [0.25, 0.3) is 0 Å². The molecule has 114 valence electrons. The molecule has 1 rings (SSSR count). The number of piperazine rings is 1. The van der Waals surface area contributed by atoms with Crippen LogP contribution in [0, 0.1) is 11.5 Å². The highest BCUT2D eigenvalue weighted by atomic mass is 28.4. The van der Waals surface area contributed by atoms with Crippen molar-refractivity contribution in [2.75, 3.05) is 26.2 Å². The summed E-state index contributed by atoms with van der Waals surface area (Å²) in [6.07, 6.45) is 1.21. The van der Waals surface area contributed by atoms with Crippen LogP contribution in [0.2, 0.25) is 18.1 Å². The molecule has 0 bridgehead atoms. The molecule has 1 aliphatic heterocycles. The maximum atomic E-state index is 11.0. The van der Waals surface area contributed by atoms with Gasteiger partial charge >= 0.3 is 6.09 Å². The standard InChI is InChI=1S/C13H25N3O3Si/c1-13(2,3)20(4,5)19-9-11-8-15(12(17)18)6-7-16(11)10-14/h11H,6-9H2,1-5H3,(H,17,18)/t11-/m0/s1. The molecule has 0 aromatic heterocycles. The topological polar surface area (TPSA) is 76.8 Å². The third-order valence-corrected chi connectivity index (χ3v) is 8.83. The summed E-state index contributed by atoms with van der Waals surface area (Å²) in [6.45, 7) is 12.3. The lowest BCUT2D eigenvalue weighted by Crippen LogP contribution is -2.56. The maximum absolute atomic E-state index is 11.0. The molecular weight excluding hydrogens is 274 g/mol. The van der Waals surface area contributed by atoms with Crippen LogP contribution in [0.15, 0.2) is 0 Å². The molecule has 1 atom stereocenters. The Balaban J connectivity index is 2.68. The minimum atomic E-state index is -1.88. The Morgan fingerprint density at radius 1 is 1.45 bits per heavy atom. The monoisotopic (exact) mass is 299 g/mol. The Kier molecular flexibility index (Phi) is 5.05. The fraction of sp³-hybridized carbons (Fsp3) is 0.846. The van der Waals surface area contributed by atoms with Gasteiger partial charge in [0, 0.05) is 19.6 Å². The molecule has 0 spiro atoms. The zero-order chi connectivity index (χ0) is 15.6. The lowest BCUT2D eigenvalue weighted by Gasteiger charge is -2.41. The van der Waals surface area contributed by atoms with Crippen LogP contribution in [-0.2, 0) is 4.43 Å². The highest BCUT2D eigenvalue weighted by Gasteiger charge is 2.39. The van der Waals surface area contributed by atoms with Gasteiger partial charge < -0.3 is 19.3 Å². The summed E-state index contributed by atoms with van der Waals surface area (Å²) >= 11 is 0. The van der Waals surface area contributed by atoms with Crippen LogP contribution in [0.3, 0.4) is 0 Å². The molecule has 6 nitrogen and oxygen atoms in total. The molecule has 1 amide bonds. The first-order valence-electron chi connectivity index (χ1n) is 6.86. The molecule has 1 fully saturated rings. The van der Waals surface area contributed by atoms with Crippen LogP contribution < -0.4 is 0 Å². The van der Waals surface area contributed by atoms with E-state index >= 15 is 0 Å². The number of hydrogen-bond donors (Lipinski definition) is 1. The molecule has 0 aromatic carbocycles. The lowest BCUT2D eigenvalue weighted by molar-refractivity contribution is 0.0729. The van der Waals surface area contributed by atoms with Crippen LogP contribution in [0.4, 0.5) is 4.79 Å². The van der Waals surface area contributed by atoms with Gasteiger partial charge in [-0.05, 0) is 18.1 Å². The van der Waals surface area contributed by atoms with E-state index in [9.17, 15) is 4.79 Å². The van der Waals surface area contributed by atoms with E-state index in [1.807, 2.05) is 0 Å². The summed E-state index contributed by atoms with van der Waals surface area (Å²) in [5.74, 6) is 0. The van der Waals surface area contributed by atoms with Gasteiger partial charge in [0.2, 0.25) is 0 Å². The van der Waals surface area contributed by atoms with Crippen molar-refractivity contribution in [3.63, 3.8) is 0 Å². The van der Waals surface area contributed by atoms with Crippen LogP contribution in [-0.4, -0.2) is 61.6 Å². The van der Waals surface area contributed by atoms with Gasteiger partial charge in [-0.2, -0.15) is 5.26 Å². The number of hydrogen-bond acceptors (Lipinski definition) is 4. The van der Waals surface area contributed by atoms with Gasteiger partial charge in [0.15, 0.2) is 14.5 Å². The van der Waals surface area contributed by atoms with E-state index in [0.29, 0.717) is 26.2 Å². The first kappa shape index (κ1) is 16.8. The van der Waals surface area contributed by atoms with Gasteiger partial charge in [-0.1, -0.05) is 20.8 Å². The van der Waals surface area contributed by atoms with E-state index in [2.05, 4.69) is 40.1 Å². The minimum Gasteiger partial charge on any atom is -0.465 e. The highest BCUT2D eigenvalue weighted by Crippen LogP contribution is 2.36. The Labute approximate surface area is 122 Å². The summed E-state index contributed by atoms with van der Waals surface area (Å²) in [7, 11) is -1.88. The predicted octanol–water partition coefficient (Wildman–Crippen LogP) is 2.15. The van der Waals surface area contributed by atoms with Crippen LogP contribution >= 0.6 is 0 Å². The van der Waals surface area contributed by atoms with Crippen molar-refractivity contribution >= 4 is 14.4 Å². The number of nitriles is 1. The normalized spacial score (nSPS) is 20.7. The predicted molar refractivity (Wildman–Crippen MR) is 78.9 cm³/mol. The van der Waals surface area contributed by atoms with E-state index in [4.69, 9.17) is 14.8 Å². The number of carboxylic acid groups (broad SMARTS) is 1. The van der Waals surface area contributed by atoms with E-state index < -0.39 is 14.4 Å². The van der Waals surface area contributed by atoms with Crippen molar-refractivity contribution in [3.05, 3.63) is 0 Å². The van der Waals surface area contributed by atoms with Crippen LogP contribution in [0.25, 0.3) is 0 Å². The van der Waals surface area contributed by atoms with Crippen molar-refractivity contribution in [3.8, 4) is 6.19 Å². The van der Waals surface area contributed by atoms with E-state index in [1.54, 1.807) is 4.90 Å². The summed E-state index contributed by atoms with van der Waals surface area (Å²) in [5.41, 5.74) is 0. The van der Waals surface area contributed by atoms with E-state index in [1.165, 1.54) is 4.90 Å². The number of nitrogens with zero attached hydrogens (tertiary/aromatic N) is 3. The molecule has 7 heteroatoms. The number of rotatable bonds is 3. The van der Waals surface area contributed by atoms with Gasteiger partial charge in [0.05, 0.1) is 12.6 Å². The summed E-state index contributed by atoms with van der Waals surface area (Å²) < 4.78 is 6.12. The van der Waals surface area contributed by atoms with E-state index in [0.717, 1.165) is 0 Å². The van der Waals surface area contributed by atoms with E-state index in [-0.39, 0.29) is 11.1 Å². The Bertz CT molecular complexity index is 401. The van der Waals surface area contributed by atoms with Gasteiger partial charge in [0.1, 0.15) is 0 Å². The first-order valence-corrected chi connectivity index (χ1v) is 9.77. The molecule has 1 saturated heterocycles. The van der Waals surface area contributed by atoms with Crippen LogP contribution in [0.1, 0.15) is 20.8 Å². The van der Waals surface area contributed by atoms with Crippen molar-refractivity contribution in [1.82, 2.24) is 9.80 Å². The molecule has 20 heavy (non-hydrogen) atoms. The van der Waals surface area contributed by atoms with Gasteiger partial charge in [-0.3, -0.25) is 0 Å². The van der Waals surface area contributed by atoms with Crippen molar-refractivity contribution < 1.29 is 14.3 Å². The average Bonchev–Trinajstić information content (AvgIpc) is 2.34. The summed E-state index contributed by atoms with van der Waals surface area (Å²) in [4.78, 5) is 14.0. The zero-order valence-electron chi connectivity index (χ0n) is 13.0. The third-order valence-electron chi connectivity index (χ3n) is 4.32. The largest absolute Gasteiger partial charge is 0.465 e. The number of amides is 1. The first-order chi connectivity index (χ1) is 9.08. The fourth-order valence-corrected chi connectivity index (χ4v) is 2.87. The molecule has 1 heterocycles. The molecule has 0 aromatic rings. The maximum Gasteiger partial charge on any atom is 0.407 e. The van der Waals surface area contributed by atoms with Crippen LogP contribution in [0.5, 0.6) is 0 Å². The Morgan fingerprint density at radius 3 is 2.50 bits per heavy atom. The molecular formula is C13H25N3O3Si. The lowest BCUT2D eigenvalue weighted by atomic mass is 10.2. The van der Waals surface area contributed by atoms with Gasteiger partial charge in [-0.15, -0.1) is 0 Å². The Hall–Kier alpha value is -1.26. The zero-order valence-corrected chi connectivity index (χ0v) is 14.0. The molecule has 0 unspecified atom stereocenters. The second-order valence-corrected chi connectivity index (χ2v) is 11.6. The average molecular weight is 299 g/mol. The minimum absolute atomic E-state index is 0.103. The van der Waals surface area contributed by atoms with Crippen molar-refractivity contribution in [2.45, 2.75) is 44.9 Å². The van der Waals surface area contributed by atoms with Crippen molar-refractivity contribution in [2.24, 2.45) is 0 Å². The molecule has 1 aliphatic rings. The second-order valence-electron chi connectivity index (χ2n) is 6.75. The second kappa shape index (κ2) is 6.02. The van der Waals surface area contributed by atoms with Crippen molar-refractivity contribution in [1.29, 1.82) is 5.26 Å². The third kappa shape index (κ3) is 3.87. The summed E-state index contributed by atoms with van der Waals surface area (Å²) in [5, 5.41) is 18.3. The molecule has 0 radical (unpaired) electrons. The van der Waals surface area contributed by atoms with Gasteiger partial charge in [-0.25, -0.2) is 4.79 Å². The number of carbonyl (C=O) groups is 1. The molecule has 1 N–H and O–H groups in total. The highest BCUT2D eigenvalue weighted by molar-refractivity contribution is 6.74. The quantitative estimate of drug-likeness (QED) is 0.638. The summed E-state index contributed by atoms with van der Waals surface area (Å²) in [6, 6.07) is -0.182.